The van der Waals surface area contributed by atoms with E-state index in [-0.39, 0.29) is 12.5 Å². The predicted molar refractivity (Wildman–Crippen MR) is 107 cm³/mol. The van der Waals surface area contributed by atoms with Crippen molar-refractivity contribution in [1.29, 1.82) is 0 Å². The number of ether oxygens (including phenoxy) is 1. The topological polar surface area (TPSA) is 50.7 Å². The van der Waals surface area contributed by atoms with Crippen LogP contribution in [-0.2, 0) is 4.79 Å². The zero-order valence-corrected chi connectivity index (χ0v) is 16.3. The van der Waals surface area contributed by atoms with Gasteiger partial charge < -0.3 is 4.74 Å². The molecule has 2 rings (SSSR count). The third kappa shape index (κ3) is 6.04. The van der Waals surface area contributed by atoms with E-state index in [9.17, 15) is 4.79 Å². The molecular weight excluding hydrogens is 371 g/mol. The van der Waals surface area contributed by atoms with E-state index < -0.39 is 0 Å². The first-order valence-electron chi connectivity index (χ1n) is 8.50. The van der Waals surface area contributed by atoms with E-state index >= 15 is 0 Å². The molecule has 1 N–H and O–H groups in total. The monoisotopic (exact) mass is 392 g/mol. The summed E-state index contributed by atoms with van der Waals surface area (Å²) in [5.41, 5.74) is 4.21. The van der Waals surface area contributed by atoms with Crippen molar-refractivity contribution in [3.63, 3.8) is 0 Å². The zero-order chi connectivity index (χ0) is 18.9. The molecule has 2 aromatic carbocycles. The molecule has 1 amide bonds. The molecule has 0 bridgehead atoms. The second-order valence-electron chi connectivity index (χ2n) is 5.98. The molecular formula is C20H22Cl2N2O2. The smallest absolute Gasteiger partial charge is 0.277 e. The Balaban J connectivity index is 1.82. The molecule has 1 atom stereocenters. The number of carbonyl (C=O) groups excluding carboxylic acids is 1. The summed E-state index contributed by atoms with van der Waals surface area (Å²) in [5.74, 6) is 0.793. The fraction of sp³-hybridized carbons (Fsp3) is 0.300. The van der Waals surface area contributed by atoms with Crippen LogP contribution in [0.5, 0.6) is 5.75 Å². The van der Waals surface area contributed by atoms with Crippen molar-refractivity contribution in [2.45, 2.75) is 32.6 Å². The van der Waals surface area contributed by atoms with Crippen LogP contribution in [0.3, 0.4) is 0 Å². The normalized spacial score (nSPS) is 12.2. The second-order valence-corrected chi connectivity index (χ2v) is 6.79. The lowest BCUT2D eigenvalue weighted by Crippen LogP contribution is -2.24. The molecule has 26 heavy (non-hydrogen) atoms. The molecule has 0 saturated carbocycles. The first-order valence-corrected chi connectivity index (χ1v) is 9.25. The SMILES string of the molecule is CCCC(C)c1ccc(OCC(=O)NN=Cc2c(Cl)cccc2Cl)cc1. The van der Waals surface area contributed by atoms with Crippen molar-refractivity contribution in [1.82, 2.24) is 5.43 Å². The third-order valence-electron chi connectivity index (χ3n) is 3.92. The van der Waals surface area contributed by atoms with Gasteiger partial charge in [0.15, 0.2) is 6.61 Å². The quantitative estimate of drug-likeness (QED) is 0.481. The minimum absolute atomic E-state index is 0.128. The van der Waals surface area contributed by atoms with Gasteiger partial charge in [0, 0.05) is 5.56 Å². The van der Waals surface area contributed by atoms with E-state index in [1.165, 1.54) is 11.8 Å². The maximum atomic E-state index is 11.8. The highest BCUT2D eigenvalue weighted by molar-refractivity contribution is 6.38. The number of hydrogen-bond acceptors (Lipinski definition) is 3. The van der Waals surface area contributed by atoms with Gasteiger partial charge in [0.05, 0.1) is 16.3 Å². The van der Waals surface area contributed by atoms with Crippen LogP contribution >= 0.6 is 23.2 Å². The highest BCUT2D eigenvalue weighted by Gasteiger charge is 2.06. The lowest BCUT2D eigenvalue weighted by molar-refractivity contribution is -0.123. The zero-order valence-electron chi connectivity index (χ0n) is 14.8. The summed E-state index contributed by atoms with van der Waals surface area (Å²) in [6, 6.07) is 13.0. The van der Waals surface area contributed by atoms with Crippen molar-refractivity contribution < 1.29 is 9.53 Å². The highest BCUT2D eigenvalue weighted by atomic mass is 35.5. The third-order valence-corrected chi connectivity index (χ3v) is 4.58. The largest absolute Gasteiger partial charge is 0.484 e. The minimum atomic E-state index is -0.368. The predicted octanol–water partition coefficient (Wildman–Crippen LogP) is 5.43. The number of nitrogens with zero attached hydrogens (tertiary/aromatic N) is 1. The number of hydrogen-bond donors (Lipinski definition) is 1. The molecule has 0 aliphatic rings. The van der Waals surface area contributed by atoms with Crippen molar-refractivity contribution in [3.8, 4) is 5.75 Å². The van der Waals surface area contributed by atoms with Gasteiger partial charge in [-0.25, -0.2) is 5.43 Å². The summed E-state index contributed by atoms with van der Waals surface area (Å²) < 4.78 is 5.47. The summed E-state index contributed by atoms with van der Waals surface area (Å²) in [6.07, 6.45) is 3.71. The van der Waals surface area contributed by atoms with Crippen LogP contribution in [0, 0.1) is 0 Å². The van der Waals surface area contributed by atoms with E-state index in [2.05, 4.69) is 24.4 Å². The Morgan fingerprint density at radius 3 is 2.46 bits per heavy atom. The Hall–Kier alpha value is -2.04. The van der Waals surface area contributed by atoms with Crippen LogP contribution in [-0.4, -0.2) is 18.7 Å². The van der Waals surface area contributed by atoms with E-state index in [0.29, 0.717) is 27.3 Å². The van der Waals surface area contributed by atoms with Crippen LogP contribution in [0.1, 0.15) is 43.7 Å². The molecule has 138 valence electrons. The lowest BCUT2D eigenvalue weighted by Gasteiger charge is -2.11. The summed E-state index contributed by atoms with van der Waals surface area (Å²) >= 11 is 12.1. The summed E-state index contributed by atoms with van der Waals surface area (Å²) in [7, 11) is 0. The number of rotatable bonds is 8. The molecule has 0 aliphatic carbocycles. The Bertz CT molecular complexity index is 741. The average molecular weight is 393 g/mol. The number of hydrazone groups is 1. The Morgan fingerprint density at radius 2 is 1.85 bits per heavy atom. The number of nitrogens with one attached hydrogen (secondary N) is 1. The fourth-order valence-corrected chi connectivity index (χ4v) is 2.97. The first kappa shape index (κ1) is 20.3. The van der Waals surface area contributed by atoms with Gasteiger partial charge in [-0.3, -0.25) is 4.79 Å². The van der Waals surface area contributed by atoms with Crippen LogP contribution < -0.4 is 10.2 Å². The first-order chi connectivity index (χ1) is 12.5. The van der Waals surface area contributed by atoms with Crippen LogP contribution in [0.15, 0.2) is 47.6 Å². The molecule has 2 aromatic rings. The molecule has 0 saturated heterocycles. The Morgan fingerprint density at radius 1 is 1.19 bits per heavy atom. The molecule has 0 spiro atoms. The van der Waals surface area contributed by atoms with Crippen molar-refractivity contribution in [2.75, 3.05) is 6.61 Å². The number of benzene rings is 2. The van der Waals surface area contributed by atoms with Crippen molar-refractivity contribution in [3.05, 3.63) is 63.6 Å². The van der Waals surface area contributed by atoms with Crippen molar-refractivity contribution >= 4 is 35.3 Å². The van der Waals surface area contributed by atoms with Gasteiger partial charge in [-0.15, -0.1) is 0 Å². The van der Waals surface area contributed by atoms with Crippen LogP contribution in [0.25, 0.3) is 0 Å². The molecule has 4 nitrogen and oxygen atoms in total. The molecule has 6 heteroatoms. The Labute approximate surface area is 164 Å². The molecule has 0 aliphatic heterocycles. The molecule has 0 fully saturated rings. The summed E-state index contributed by atoms with van der Waals surface area (Å²) in [6.45, 7) is 4.25. The minimum Gasteiger partial charge on any atom is -0.484 e. The average Bonchev–Trinajstić information content (AvgIpc) is 2.63. The van der Waals surface area contributed by atoms with E-state index in [0.717, 1.165) is 12.8 Å². The standard InChI is InChI=1S/C20H22Cl2N2O2/c1-3-5-14(2)15-8-10-16(11-9-15)26-13-20(25)24-23-12-17-18(21)6-4-7-19(17)22/h4,6-12,14H,3,5,13H2,1-2H3,(H,24,25). The number of carbonyl (C=O) groups is 1. The van der Waals surface area contributed by atoms with Gasteiger partial charge in [0.2, 0.25) is 0 Å². The van der Waals surface area contributed by atoms with E-state index in [1.807, 2.05) is 24.3 Å². The number of halogens is 2. The fourth-order valence-electron chi connectivity index (χ4n) is 2.48. The van der Waals surface area contributed by atoms with Crippen LogP contribution in [0.2, 0.25) is 10.0 Å². The van der Waals surface area contributed by atoms with Gasteiger partial charge in [-0.05, 0) is 42.2 Å². The number of amides is 1. The molecule has 1 unspecified atom stereocenters. The summed E-state index contributed by atoms with van der Waals surface area (Å²) in [5, 5.41) is 4.78. The maximum absolute atomic E-state index is 11.8. The van der Waals surface area contributed by atoms with Gasteiger partial charge in [0.25, 0.3) is 5.91 Å². The summed E-state index contributed by atoms with van der Waals surface area (Å²) in [4.78, 5) is 11.8. The van der Waals surface area contributed by atoms with Gasteiger partial charge >= 0.3 is 0 Å². The maximum Gasteiger partial charge on any atom is 0.277 e. The Kier molecular flexibility index (Phi) is 7.95. The highest BCUT2D eigenvalue weighted by Crippen LogP contribution is 2.23. The van der Waals surface area contributed by atoms with Crippen LogP contribution in [0.4, 0.5) is 0 Å². The molecule has 0 radical (unpaired) electrons. The second kappa shape index (κ2) is 10.2. The van der Waals surface area contributed by atoms with E-state index in [1.54, 1.807) is 18.2 Å². The molecule has 0 aromatic heterocycles. The lowest BCUT2D eigenvalue weighted by atomic mass is 9.97. The molecule has 0 heterocycles. The van der Waals surface area contributed by atoms with Gasteiger partial charge in [-0.2, -0.15) is 5.10 Å². The van der Waals surface area contributed by atoms with Crippen molar-refractivity contribution in [2.24, 2.45) is 5.10 Å². The van der Waals surface area contributed by atoms with Gasteiger partial charge in [0.1, 0.15) is 5.75 Å². The van der Waals surface area contributed by atoms with Gasteiger partial charge in [-0.1, -0.05) is 61.7 Å². The van der Waals surface area contributed by atoms with E-state index in [4.69, 9.17) is 27.9 Å².